The molecule has 1 spiro atoms. The van der Waals surface area contributed by atoms with Crippen molar-refractivity contribution in [2.24, 2.45) is 0 Å². The monoisotopic (exact) mass is 226 g/mol. The van der Waals surface area contributed by atoms with Gasteiger partial charge in [0.1, 0.15) is 0 Å². The summed E-state index contributed by atoms with van der Waals surface area (Å²) in [6.07, 6.45) is 4.92. The molecule has 3 heterocycles. The van der Waals surface area contributed by atoms with E-state index in [0.717, 1.165) is 32.6 Å². The van der Waals surface area contributed by atoms with Crippen LogP contribution in [-0.2, 0) is 9.47 Å². The topological polar surface area (TPSA) is 42.5 Å². The van der Waals surface area contributed by atoms with Gasteiger partial charge in [-0.2, -0.15) is 0 Å². The molecular weight excluding hydrogens is 204 g/mol. The highest BCUT2D eigenvalue weighted by molar-refractivity contribution is 5.07. The molecule has 3 rings (SSSR count). The molecule has 0 amide bonds. The zero-order valence-corrected chi connectivity index (χ0v) is 10.00. The van der Waals surface area contributed by atoms with Crippen molar-refractivity contribution in [2.75, 3.05) is 26.9 Å². The standard InChI is InChI=1S/C12H22N2O2/c1-15-8-11-12(16-5-4-13-11)6-9-2-3-10(7-12)14-9/h9-11,13-14H,2-8H2,1H3. The molecule has 0 aromatic heterocycles. The minimum atomic E-state index is 0.0331. The molecule has 3 fully saturated rings. The van der Waals surface area contributed by atoms with Gasteiger partial charge in [0.25, 0.3) is 0 Å². The number of morpholine rings is 1. The number of hydrogen-bond donors (Lipinski definition) is 2. The Bertz CT molecular complexity index is 245. The molecule has 0 radical (unpaired) electrons. The Hall–Kier alpha value is -0.160. The van der Waals surface area contributed by atoms with Crippen LogP contribution in [0.25, 0.3) is 0 Å². The minimum absolute atomic E-state index is 0.0331. The largest absolute Gasteiger partial charge is 0.383 e. The van der Waals surface area contributed by atoms with Crippen LogP contribution in [0.4, 0.5) is 0 Å². The highest BCUT2D eigenvalue weighted by Gasteiger charge is 2.50. The van der Waals surface area contributed by atoms with Gasteiger partial charge >= 0.3 is 0 Å². The van der Waals surface area contributed by atoms with Crippen molar-refractivity contribution in [3.8, 4) is 0 Å². The quantitative estimate of drug-likeness (QED) is 0.709. The third-order valence-corrected chi connectivity index (χ3v) is 4.37. The van der Waals surface area contributed by atoms with Crippen LogP contribution in [0.3, 0.4) is 0 Å². The molecule has 3 aliphatic rings. The Morgan fingerprint density at radius 3 is 2.75 bits per heavy atom. The summed E-state index contributed by atoms with van der Waals surface area (Å²) in [5.74, 6) is 0. The molecule has 2 N–H and O–H groups in total. The molecule has 16 heavy (non-hydrogen) atoms. The van der Waals surface area contributed by atoms with Crippen molar-refractivity contribution in [2.45, 2.75) is 49.4 Å². The zero-order chi connectivity index (χ0) is 11.0. The third kappa shape index (κ3) is 1.78. The summed E-state index contributed by atoms with van der Waals surface area (Å²) in [5, 5.41) is 7.25. The van der Waals surface area contributed by atoms with Gasteiger partial charge in [-0.05, 0) is 25.7 Å². The van der Waals surface area contributed by atoms with Crippen molar-refractivity contribution < 1.29 is 9.47 Å². The van der Waals surface area contributed by atoms with Gasteiger partial charge in [0.2, 0.25) is 0 Å². The molecule has 0 aromatic rings. The highest BCUT2D eigenvalue weighted by Crippen LogP contribution is 2.39. The Morgan fingerprint density at radius 1 is 1.31 bits per heavy atom. The van der Waals surface area contributed by atoms with Crippen LogP contribution in [0.2, 0.25) is 0 Å². The van der Waals surface area contributed by atoms with E-state index in [-0.39, 0.29) is 5.60 Å². The number of piperidine rings is 1. The molecule has 4 heteroatoms. The van der Waals surface area contributed by atoms with Gasteiger partial charge < -0.3 is 20.1 Å². The molecule has 4 nitrogen and oxygen atoms in total. The third-order valence-electron chi connectivity index (χ3n) is 4.37. The van der Waals surface area contributed by atoms with Crippen molar-refractivity contribution in [3.63, 3.8) is 0 Å². The molecule has 3 atom stereocenters. The lowest BCUT2D eigenvalue weighted by Crippen LogP contribution is -2.65. The van der Waals surface area contributed by atoms with Gasteiger partial charge in [0, 0.05) is 25.7 Å². The van der Waals surface area contributed by atoms with Gasteiger partial charge in [-0.3, -0.25) is 0 Å². The van der Waals surface area contributed by atoms with Crippen LogP contribution < -0.4 is 10.6 Å². The van der Waals surface area contributed by atoms with Crippen LogP contribution in [-0.4, -0.2) is 50.6 Å². The fraction of sp³-hybridized carbons (Fsp3) is 1.00. The first-order chi connectivity index (χ1) is 7.82. The number of ether oxygens (including phenoxy) is 2. The summed E-state index contributed by atoms with van der Waals surface area (Å²) in [7, 11) is 1.78. The number of hydrogen-bond acceptors (Lipinski definition) is 4. The molecule has 3 saturated heterocycles. The summed E-state index contributed by atoms with van der Waals surface area (Å²) in [4.78, 5) is 0. The Labute approximate surface area is 97.1 Å². The number of rotatable bonds is 2. The first-order valence-corrected chi connectivity index (χ1v) is 6.45. The van der Waals surface area contributed by atoms with Crippen molar-refractivity contribution in [1.29, 1.82) is 0 Å². The zero-order valence-electron chi connectivity index (χ0n) is 10.00. The van der Waals surface area contributed by atoms with E-state index in [2.05, 4.69) is 10.6 Å². The van der Waals surface area contributed by atoms with Crippen LogP contribution in [0.15, 0.2) is 0 Å². The Kier molecular flexibility index (Phi) is 2.92. The molecule has 0 aliphatic carbocycles. The molecule has 2 bridgehead atoms. The molecule has 92 valence electrons. The van der Waals surface area contributed by atoms with E-state index in [9.17, 15) is 0 Å². The van der Waals surface area contributed by atoms with E-state index in [1.54, 1.807) is 7.11 Å². The summed E-state index contributed by atoms with van der Waals surface area (Å²) in [6, 6.07) is 1.70. The van der Waals surface area contributed by atoms with E-state index in [1.807, 2.05) is 0 Å². The second-order valence-electron chi connectivity index (χ2n) is 5.42. The van der Waals surface area contributed by atoms with Crippen molar-refractivity contribution >= 4 is 0 Å². The lowest BCUT2D eigenvalue weighted by Gasteiger charge is -2.49. The summed E-state index contributed by atoms with van der Waals surface area (Å²) < 4.78 is 11.5. The van der Waals surface area contributed by atoms with Gasteiger partial charge in [-0.15, -0.1) is 0 Å². The predicted molar refractivity (Wildman–Crippen MR) is 61.5 cm³/mol. The van der Waals surface area contributed by atoms with E-state index < -0.39 is 0 Å². The molecular formula is C12H22N2O2. The first kappa shape index (κ1) is 11.0. The number of nitrogens with one attached hydrogen (secondary N) is 2. The maximum atomic E-state index is 6.17. The van der Waals surface area contributed by atoms with Gasteiger partial charge in [0.15, 0.2) is 0 Å². The molecule has 3 unspecified atom stereocenters. The maximum absolute atomic E-state index is 6.17. The first-order valence-electron chi connectivity index (χ1n) is 6.45. The lowest BCUT2D eigenvalue weighted by molar-refractivity contribution is -0.134. The van der Waals surface area contributed by atoms with E-state index in [1.165, 1.54) is 12.8 Å². The number of methoxy groups -OCH3 is 1. The molecule has 0 aromatic carbocycles. The highest BCUT2D eigenvalue weighted by atomic mass is 16.5. The summed E-state index contributed by atoms with van der Waals surface area (Å²) in [5.41, 5.74) is 0.0331. The fourth-order valence-electron chi connectivity index (χ4n) is 3.70. The van der Waals surface area contributed by atoms with Crippen LogP contribution in [0, 0.1) is 0 Å². The average Bonchev–Trinajstić information content (AvgIpc) is 2.63. The Morgan fingerprint density at radius 2 is 2.06 bits per heavy atom. The SMILES string of the molecule is COCC1NCCOC12CC1CCC(C2)N1. The van der Waals surface area contributed by atoms with Crippen LogP contribution in [0.1, 0.15) is 25.7 Å². The maximum Gasteiger partial charge on any atom is 0.0887 e. The normalized spacial score (nSPS) is 47.4. The smallest absolute Gasteiger partial charge is 0.0887 e. The van der Waals surface area contributed by atoms with E-state index in [4.69, 9.17) is 9.47 Å². The second kappa shape index (κ2) is 4.26. The van der Waals surface area contributed by atoms with E-state index in [0.29, 0.717) is 18.1 Å². The molecule has 3 aliphatic heterocycles. The predicted octanol–water partition coefficient (Wildman–Crippen LogP) is 0.274. The minimum Gasteiger partial charge on any atom is -0.383 e. The van der Waals surface area contributed by atoms with Gasteiger partial charge in [0.05, 0.1) is 24.9 Å². The van der Waals surface area contributed by atoms with Crippen molar-refractivity contribution in [3.05, 3.63) is 0 Å². The Balaban J connectivity index is 1.78. The summed E-state index contributed by atoms with van der Waals surface area (Å²) in [6.45, 7) is 2.57. The average molecular weight is 226 g/mol. The van der Waals surface area contributed by atoms with E-state index >= 15 is 0 Å². The van der Waals surface area contributed by atoms with Gasteiger partial charge in [-0.25, -0.2) is 0 Å². The van der Waals surface area contributed by atoms with Crippen LogP contribution >= 0.6 is 0 Å². The lowest BCUT2D eigenvalue weighted by atomic mass is 9.80. The van der Waals surface area contributed by atoms with Crippen molar-refractivity contribution in [1.82, 2.24) is 10.6 Å². The fourth-order valence-corrected chi connectivity index (χ4v) is 3.70. The number of fused-ring (bicyclic) bond motifs is 2. The summed E-state index contributed by atoms with van der Waals surface area (Å²) >= 11 is 0. The molecule has 0 saturated carbocycles. The van der Waals surface area contributed by atoms with Crippen LogP contribution in [0.5, 0.6) is 0 Å². The van der Waals surface area contributed by atoms with Gasteiger partial charge in [-0.1, -0.05) is 0 Å². The second-order valence-corrected chi connectivity index (χ2v) is 5.42.